The molecule has 1 aromatic rings. The van der Waals surface area contributed by atoms with Crippen molar-refractivity contribution in [1.82, 2.24) is 14.9 Å². The maximum Gasteiger partial charge on any atom is 0.151 e. The number of benzene rings is 1. The minimum Gasteiger partial charge on any atom is -0.318 e. The molecule has 0 fully saturated rings. The van der Waals surface area contributed by atoms with Gasteiger partial charge in [-0.25, -0.2) is 10.2 Å². The topological polar surface area (TPSA) is 76.0 Å². The Morgan fingerprint density at radius 1 is 1.29 bits per heavy atom. The first-order valence-electron chi connectivity index (χ1n) is 6.76. The van der Waals surface area contributed by atoms with Crippen LogP contribution in [0.15, 0.2) is 29.4 Å². The van der Waals surface area contributed by atoms with E-state index in [1.807, 2.05) is 39.3 Å². The van der Waals surface area contributed by atoms with Crippen LogP contribution in [-0.4, -0.2) is 57.1 Å². The molecule has 118 valence electrons. The summed E-state index contributed by atoms with van der Waals surface area (Å²) in [6.45, 7) is 1.81. The van der Waals surface area contributed by atoms with E-state index in [4.69, 9.17) is 10.2 Å². The van der Waals surface area contributed by atoms with Crippen LogP contribution < -0.4 is 10.8 Å². The summed E-state index contributed by atoms with van der Waals surface area (Å²) >= 11 is 0. The first-order valence-corrected chi connectivity index (χ1v) is 8.15. The van der Waals surface area contributed by atoms with Crippen molar-refractivity contribution in [1.29, 1.82) is 5.53 Å². The van der Waals surface area contributed by atoms with Crippen LogP contribution in [0.5, 0.6) is 0 Å². The molecule has 0 saturated heterocycles. The summed E-state index contributed by atoms with van der Waals surface area (Å²) in [5.74, 6) is 0. The number of likely N-dealkylation sites (N-methyl/N-ethyl adjacent to an activating group) is 2. The maximum atomic E-state index is 7.17. The van der Waals surface area contributed by atoms with Gasteiger partial charge in [0.05, 0.1) is 12.0 Å². The van der Waals surface area contributed by atoms with Crippen molar-refractivity contribution in [2.75, 3.05) is 53.0 Å². The highest BCUT2D eigenvalue weighted by Crippen LogP contribution is 2.40. The Kier molecular flexibility index (Phi) is 8.34. The fraction of sp³-hybridized carbons (Fsp3) is 0.538. The van der Waals surface area contributed by atoms with Gasteiger partial charge in [-0.2, -0.15) is 5.11 Å². The summed E-state index contributed by atoms with van der Waals surface area (Å²) in [6, 6.07) is 7.36. The Morgan fingerprint density at radius 3 is 2.62 bits per heavy atom. The number of hydrogen-bond donors (Lipinski definition) is 3. The molecular formula is C13H25N6OP. The molecule has 1 rings (SSSR count). The zero-order valence-corrected chi connectivity index (χ0v) is 14.0. The number of rotatable bonds is 10. The first kappa shape index (κ1) is 17.9. The quantitative estimate of drug-likeness (QED) is 0.352. The standard InChI is InChI=1S/C13H25N6OP/c1-15-9-10-19(4)21(11-18(2)3)20-17-13-8-6-5-7-12(13)16-14/h5-8,14-15,17H,9-11H2,1-4H3. The molecule has 8 heteroatoms. The lowest BCUT2D eigenvalue weighted by Crippen LogP contribution is -2.28. The van der Waals surface area contributed by atoms with Crippen molar-refractivity contribution in [3.63, 3.8) is 0 Å². The smallest absolute Gasteiger partial charge is 0.151 e. The second kappa shape index (κ2) is 9.76. The Bertz CT molecular complexity index is 431. The molecule has 0 aliphatic carbocycles. The third-order valence-electron chi connectivity index (χ3n) is 2.76. The minimum absolute atomic E-state index is 0.565. The van der Waals surface area contributed by atoms with Gasteiger partial charge in [0.1, 0.15) is 5.69 Å². The minimum atomic E-state index is -0.809. The molecule has 0 spiro atoms. The zero-order valence-electron chi connectivity index (χ0n) is 13.1. The number of para-hydroxylation sites is 2. The Hall–Kier alpha value is -1.11. The molecule has 7 nitrogen and oxygen atoms in total. The largest absolute Gasteiger partial charge is 0.318 e. The average molecular weight is 312 g/mol. The van der Waals surface area contributed by atoms with Crippen LogP contribution in [0, 0.1) is 5.53 Å². The van der Waals surface area contributed by atoms with Gasteiger partial charge in [-0.05, 0) is 40.3 Å². The van der Waals surface area contributed by atoms with E-state index in [2.05, 4.69) is 32.5 Å². The molecule has 0 aliphatic rings. The second-order valence-electron chi connectivity index (χ2n) is 4.88. The van der Waals surface area contributed by atoms with Crippen LogP contribution in [0.3, 0.4) is 0 Å². The first-order chi connectivity index (χ1) is 10.1. The van der Waals surface area contributed by atoms with Crippen molar-refractivity contribution in [2.45, 2.75) is 0 Å². The molecule has 1 aromatic carbocycles. The highest BCUT2D eigenvalue weighted by Gasteiger charge is 2.17. The summed E-state index contributed by atoms with van der Waals surface area (Å²) in [5, 5.41) is 6.62. The van der Waals surface area contributed by atoms with Gasteiger partial charge in [0, 0.05) is 13.1 Å². The zero-order chi connectivity index (χ0) is 15.7. The van der Waals surface area contributed by atoms with Crippen LogP contribution in [-0.2, 0) is 4.62 Å². The van der Waals surface area contributed by atoms with Crippen molar-refractivity contribution >= 4 is 19.7 Å². The molecular weight excluding hydrogens is 287 g/mol. The Balaban J connectivity index is 2.65. The van der Waals surface area contributed by atoms with Crippen LogP contribution in [0.25, 0.3) is 0 Å². The monoisotopic (exact) mass is 312 g/mol. The van der Waals surface area contributed by atoms with E-state index >= 15 is 0 Å². The Morgan fingerprint density at radius 2 is 2.00 bits per heavy atom. The van der Waals surface area contributed by atoms with E-state index in [-0.39, 0.29) is 0 Å². The van der Waals surface area contributed by atoms with Crippen LogP contribution in [0.4, 0.5) is 11.4 Å². The molecule has 0 amide bonds. The van der Waals surface area contributed by atoms with Gasteiger partial charge in [-0.1, -0.05) is 12.1 Å². The number of anilines is 1. The van der Waals surface area contributed by atoms with Crippen molar-refractivity contribution < 1.29 is 4.62 Å². The molecule has 0 aliphatic heterocycles. The molecule has 21 heavy (non-hydrogen) atoms. The van der Waals surface area contributed by atoms with Gasteiger partial charge in [0.25, 0.3) is 0 Å². The molecule has 0 bridgehead atoms. The van der Waals surface area contributed by atoms with Gasteiger partial charge < -0.3 is 10.2 Å². The Labute approximate surface area is 128 Å². The maximum absolute atomic E-state index is 7.17. The van der Waals surface area contributed by atoms with E-state index in [0.717, 1.165) is 19.4 Å². The van der Waals surface area contributed by atoms with Gasteiger partial charge in [-0.15, -0.1) is 0 Å². The number of hydrogen-bond acceptors (Lipinski definition) is 7. The SMILES string of the molecule is CNCCN(C)P(CN(C)C)ONc1ccccc1N=N. The highest BCUT2D eigenvalue weighted by atomic mass is 31.2. The second-order valence-corrected chi connectivity index (χ2v) is 6.73. The molecule has 0 aromatic heterocycles. The molecule has 3 N–H and O–H groups in total. The lowest BCUT2D eigenvalue weighted by Gasteiger charge is -2.29. The predicted octanol–water partition coefficient (Wildman–Crippen LogP) is 2.67. The van der Waals surface area contributed by atoms with Crippen LogP contribution in [0.1, 0.15) is 0 Å². The van der Waals surface area contributed by atoms with E-state index in [0.29, 0.717) is 11.4 Å². The fourth-order valence-electron chi connectivity index (χ4n) is 1.59. The highest BCUT2D eigenvalue weighted by molar-refractivity contribution is 7.49. The molecule has 0 heterocycles. The lowest BCUT2D eigenvalue weighted by atomic mass is 10.3. The molecule has 1 unspecified atom stereocenters. The average Bonchev–Trinajstić information content (AvgIpc) is 2.48. The molecule has 0 saturated carbocycles. The van der Waals surface area contributed by atoms with E-state index < -0.39 is 8.30 Å². The summed E-state index contributed by atoms with van der Waals surface area (Å²) < 4.78 is 8.06. The molecule has 1 atom stereocenters. The van der Waals surface area contributed by atoms with E-state index in [1.54, 1.807) is 6.07 Å². The van der Waals surface area contributed by atoms with E-state index in [1.165, 1.54) is 0 Å². The predicted molar refractivity (Wildman–Crippen MR) is 88.0 cm³/mol. The molecule has 0 radical (unpaired) electrons. The van der Waals surface area contributed by atoms with Gasteiger partial charge >= 0.3 is 0 Å². The van der Waals surface area contributed by atoms with Crippen molar-refractivity contribution in [3.05, 3.63) is 24.3 Å². The number of nitrogens with zero attached hydrogens (tertiary/aromatic N) is 3. The van der Waals surface area contributed by atoms with Gasteiger partial charge in [0.2, 0.25) is 0 Å². The summed E-state index contributed by atoms with van der Waals surface area (Å²) in [4.78, 5) is 2.10. The summed E-state index contributed by atoms with van der Waals surface area (Å²) in [5.41, 5.74) is 11.4. The third-order valence-corrected chi connectivity index (χ3v) is 4.83. The van der Waals surface area contributed by atoms with Crippen LogP contribution in [0.2, 0.25) is 0 Å². The van der Waals surface area contributed by atoms with Gasteiger partial charge in [0.15, 0.2) is 8.30 Å². The van der Waals surface area contributed by atoms with Gasteiger partial charge in [-0.3, -0.25) is 10.2 Å². The summed E-state index contributed by atoms with van der Waals surface area (Å²) in [7, 11) is 7.23. The lowest BCUT2D eigenvalue weighted by molar-refractivity contribution is 0.361. The fourth-order valence-corrected chi connectivity index (χ4v) is 3.02. The van der Waals surface area contributed by atoms with Crippen LogP contribution >= 0.6 is 8.30 Å². The van der Waals surface area contributed by atoms with Crippen molar-refractivity contribution in [2.24, 2.45) is 5.11 Å². The normalized spacial score (nSPS) is 12.7. The van der Waals surface area contributed by atoms with Crippen molar-refractivity contribution in [3.8, 4) is 0 Å². The third kappa shape index (κ3) is 6.46. The van der Waals surface area contributed by atoms with E-state index in [9.17, 15) is 0 Å². The summed E-state index contributed by atoms with van der Waals surface area (Å²) in [6.07, 6.45) is 0.822. The number of nitrogens with one attached hydrogen (secondary N) is 3.